The van der Waals surface area contributed by atoms with Crippen molar-refractivity contribution in [2.45, 2.75) is 26.4 Å². The number of thiophene rings is 1. The van der Waals surface area contributed by atoms with Gasteiger partial charge in [0, 0.05) is 14.7 Å². The molecule has 0 radical (unpaired) electrons. The van der Waals surface area contributed by atoms with Gasteiger partial charge in [0.05, 0.1) is 0 Å². The van der Waals surface area contributed by atoms with Gasteiger partial charge in [-0.25, -0.2) is 0 Å². The minimum atomic E-state index is 0.487. The van der Waals surface area contributed by atoms with Crippen molar-refractivity contribution in [1.29, 1.82) is 0 Å². The average Bonchev–Trinajstić information content (AvgIpc) is 2.73. The van der Waals surface area contributed by atoms with Gasteiger partial charge in [0.15, 0.2) is 0 Å². The Labute approximate surface area is 115 Å². The number of halogens is 1. The number of ether oxygens (including phenoxy) is 1. The standard InChI is InChI=1S/C14H15BrOS/c1-10(2)13-5-3-4-6-14(13)16-8-12-7-11(15)9-17-12/h3-7,9-10H,8H2,1-2H3. The first-order valence-corrected chi connectivity index (χ1v) is 7.28. The summed E-state index contributed by atoms with van der Waals surface area (Å²) in [4.78, 5) is 1.23. The lowest BCUT2D eigenvalue weighted by Gasteiger charge is -2.13. The molecule has 0 spiro atoms. The van der Waals surface area contributed by atoms with Gasteiger partial charge in [-0.15, -0.1) is 11.3 Å². The number of hydrogen-bond acceptors (Lipinski definition) is 2. The third-order valence-corrected chi connectivity index (χ3v) is 4.20. The van der Waals surface area contributed by atoms with Gasteiger partial charge >= 0.3 is 0 Å². The fraction of sp³-hybridized carbons (Fsp3) is 0.286. The molecule has 1 aromatic heterocycles. The molecule has 0 atom stereocenters. The van der Waals surface area contributed by atoms with Gasteiger partial charge in [0.1, 0.15) is 12.4 Å². The fourth-order valence-electron chi connectivity index (χ4n) is 1.67. The van der Waals surface area contributed by atoms with Crippen LogP contribution in [0.3, 0.4) is 0 Å². The fourth-order valence-corrected chi connectivity index (χ4v) is 3.03. The molecular weight excluding hydrogens is 296 g/mol. The van der Waals surface area contributed by atoms with Gasteiger partial charge in [-0.1, -0.05) is 32.0 Å². The largest absolute Gasteiger partial charge is 0.488 e. The predicted molar refractivity (Wildman–Crippen MR) is 76.9 cm³/mol. The van der Waals surface area contributed by atoms with E-state index in [1.807, 2.05) is 12.1 Å². The minimum absolute atomic E-state index is 0.487. The average molecular weight is 311 g/mol. The van der Waals surface area contributed by atoms with E-state index in [-0.39, 0.29) is 0 Å². The monoisotopic (exact) mass is 310 g/mol. The number of para-hydroxylation sites is 1. The van der Waals surface area contributed by atoms with Gasteiger partial charge in [-0.3, -0.25) is 0 Å². The van der Waals surface area contributed by atoms with Crippen molar-refractivity contribution < 1.29 is 4.74 Å². The van der Waals surface area contributed by atoms with Crippen LogP contribution in [0, 0.1) is 0 Å². The molecule has 0 saturated heterocycles. The smallest absolute Gasteiger partial charge is 0.123 e. The molecule has 0 amide bonds. The Morgan fingerprint density at radius 3 is 2.71 bits per heavy atom. The maximum atomic E-state index is 5.89. The topological polar surface area (TPSA) is 9.23 Å². The molecule has 1 nitrogen and oxygen atoms in total. The maximum Gasteiger partial charge on any atom is 0.123 e. The van der Waals surface area contributed by atoms with E-state index < -0.39 is 0 Å². The Morgan fingerprint density at radius 2 is 2.06 bits per heavy atom. The summed E-state index contributed by atoms with van der Waals surface area (Å²) in [6, 6.07) is 10.3. The molecule has 90 valence electrons. The van der Waals surface area contributed by atoms with Crippen molar-refractivity contribution in [2.75, 3.05) is 0 Å². The minimum Gasteiger partial charge on any atom is -0.488 e. The van der Waals surface area contributed by atoms with E-state index in [1.54, 1.807) is 11.3 Å². The Bertz CT molecular complexity index is 490. The number of hydrogen-bond donors (Lipinski definition) is 0. The van der Waals surface area contributed by atoms with E-state index in [2.05, 4.69) is 53.4 Å². The summed E-state index contributed by atoms with van der Waals surface area (Å²) in [7, 11) is 0. The summed E-state index contributed by atoms with van der Waals surface area (Å²) in [5.41, 5.74) is 1.27. The highest BCUT2D eigenvalue weighted by atomic mass is 79.9. The van der Waals surface area contributed by atoms with E-state index in [9.17, 15) is 0 Å². The van der Waals surface area contributed by atoms with E-state index in [0.717, 1.165) is 10.2 Å². The van der Waals surface area contributed by atoms with Crippen LogP contribution in [0.15, 0.2) is 40.2 Å². The van der Waals surface area contributed by atoms with Gasteiger partial charge in [-0.2, -0.15) is 0 Å². The summed E-state index contributed by atoms with van der Waals surface area (Å²) in [6.07, 6.45) is 0. The zero-order valence-electron chi connectivity index (χ0n) is 9.94. The highest BCUT2D eigenvalue weighted by Crippen LogP contribution is 2.27. The Balaban J connectivity index is 2.08. The molecule has 0 aliphatic rings. The second kappa shape index (κ2) is 5.69. The Kier molecular flexibility index (Phi) is 4.24. The van der Waals surface area contributed by atoms with E-state index in [0.29, 0.717) is 12.5 Å². The van der Waals surface area contributed by atoms with Crippen LogP contribution in [0.5, 0.6) is 5.75 Å². The molecule has 0 fully saturated rings. The molecule has 1 heterocycles. The van der Waals surface area contributed by atoms with Crippen LogP contribution >= 0.6 is 27.3 Å². The molecule has 0 N–H and O–H groups in total. The SMILES string of the molecule is CC(C)c1ccccc1OCc1cc(Br)cs1. The molecule has 17 heavy (non-hydrogen) atoms. The first kappa shape index (κ1) is 12.7. The van der Waals surface area contributed by atoms with Crippen LogP contribution < -0.4 is 4.74 Å². The van der Waals surface area contributed by atoms with Crippen molar-refractivity contribution >= 4 is 27.3 Å². The highest BCUT2D eigenvalue weighted by Gasteiger charge is 2.07. The van der Waals surface area contributed by atoms with Crippen LogP contribution in [0.4, 0.5) is 0 Å². The molecule has 1 aromatic carbocycles. The first-order valence-electron chi connectivity index (χ1n) is 5.61. The molecule has 0 unspecified atom stereocenters. The van der Waals surface area contributed by atoms with Crippen molar-refractivity contribution in [3.8, 4) is 5.75 Å². The summed E-state index contributed by atoms with van der Waals surface area (Å²) in [5, 5.41) is 2.08. The number of rotatable bonds is 4. The zero-order chi connectivity index (χ0) is 12.3. The lowest BCUT2D eigenvalue weighted by Crippen LogP contribution is -1.98. The van der Waals surface area contributed by atoms with Crippen LogP contribution in [-0.4, -0.2) is 0 Å². The molecule has 0 aliphatic heterocycles. The van der Waals surface area contributed by atoms with Crippen molar-refractivity contribution in [2.24, 2.45) is 0 Å². The third kappa shape index (κ3) is 3.33. The van der Waals surface area contributed by atoms with E-state index in [1.165, 1.54) is 10.4 Å². The number of benzene rings is 1. The first-order chi connectivity index (χ1) is 8.16. The normalized spacial score (nSPS) is 10.8. The van der Waals surface area contributed by atoms with Gasteiger partial charge in [0.2, 0.25) is 0 Å². The van der Waals surface area contributed by atoms with Crippen LogP contribution in [0.25, 0.3) is 0 Å². The summed E-state index contributed by atoms with van der Waals surface area (Å²) in [5.74, 6) is 1.48. The molecule has 3 heteroatoms. The zero-order valence-corrected chi connectivity index (χ0v) is 12.3. The molecular formula is C14H15BrOS. The Morgan fingerprint density at radius 1 is 1.29 bits per heavy atom. The van der Waals surface area contributed by atoms with Crippen LogP contribution in [0.1, 0.15) is 30.2 Å². The van der Waals surface area contributed by atoms with E-state index >= 15 is 0 Å². The summed E-state index contributed by atoms with van der Waals surface area (Å²) in [6.45, 7) is 5.01. The van der Waals surface area contributed by atoms with E-state index in [4.69, 9.17) is 4.74 Å². The third-order valence-electron chi connectivity index (χ3n) is 2.53. The van der Waals surface area contributed by atoms with Gasteiger partial charge in [0.25, 0.3) is 0 Å². The Hall–Kier alpha value is -0.800. The maximum absolute atomic E-state index is 5.89. The van der Waals surface area contributed by atoms with Crippen molar-refractivity contribution in [1.82, 2.24) is 0 Å². The highest BCUT2D eigenvalue weighted by molar-refractivity contribution is 9.10. The van der Waals surface area contributed by atoms with Crippen LogP contribution in [0.2, 0.25) is 0 Å². The van der Waals surface area contributed by atoms with Gasteiger partial charge < -0.3 is 4.74 Å². The van der Waals surface area contributed by atoms with Crippen molar-refractivity contribution in [3.05, 3.63) is 50.6 Å². The predicted octanol–water partition coefficient (Wildman–Crippen LogP) is 5.21. The lowest BCUT2D eigenvalue weighted by atomic mass is 10.0. The molecule has 2 aromatic rings. The molecule has 0 aliphatic carbocycles. The second-order valence-electron chi connectivity index (χ2n) is 4.21. The summed E-state index contributed by atoms with van der Waals surface area (Å²) < 4.78 is 7.01. The second-order valence-corrected chi connectivity index (χ2v) is 6.12. The van der Waals surface area contributed by atoms with Crippen LogP contribution in [-0.2, 0) is 6.61 Å². The molecule has 0 bridgehead atoms. The quantitative estimate of drug-likeness (QED) is 0.753. The summed E-state index contributed by atoms with van der Waals surface area (Å²) >= 11 is 5.16. The lowest BCUT2D eigenvalue weighted by molar-refractivity contribution is 0.305. The van der Waals surface area contributed by atoms with Gasteiger partial charge in [-0.05, 0) is 39.5 Å². The van der Waals surface area contributed by atoms with Crippen molar-refractivity contribution in [3.63, 3.8) is 0 Å². The molecule has 2 rings (SSSR count). The molecule has 0 saturated carbocycles.